The average Bonchev–Trinajstić information content (AvgIpc) is 3.42. The number of carbonyl (C=O) groups is 1. The van der Waals surface area contributed by atoms with Crippen LogP contribution in [0.2, 0.25) is 10.0 Å². The van der Waals surface area contributed by atoms with Gasteiger partial charge in [0.25, 0.3) is 5.91 Å². The first-order chi connectivity index (χ1) is 16.3. The molecule has 0 bridgehead atoms. The largest absolute Gasteiger partial charge is 0.346 e. The maximum atomic E-state index is 13.1. The summed E-state index contributed by atoms with van der Waals surface area (Å²) in [5.74, 6) is 0.561. The molecule has 0 saturated carbocycles. The third-order valence-electron chi connectivity index (χ3n) is 5.92. The van der Waals surface area contributed by atoms with E-state index in [0.717, 1.165) is 19.6 Å². The van der Waals surface area contributed by atoms with E-state index in [-0.39, 0.29) is 11.9 Å². The van der Waals surface area contributed by atoms with Crippen LogP contribution < -0.4 is 10.6 Å². The average molecular weight is 502 g/mol. The first kappa shape index (κ1) is 24.4. The predicted molar refractivity (Wildman–Crippen MR) is 136 cm³/mol. The van der Waals surface area contributed by atoms with Crippen molar-refractivity contribution in [3.05, 3.63) is 52.3 Å². The fourth-order valence-corrected chi connectivity index (χ4v) is 4.56. The molecule has 34 heavy (non-hydrogen) atoms. The molecule has 180 valence electrons. The van der Waals surface area contributed by atoms with Crippen LogP contribution in [0.25, 0.3) is 11.4 Å². The summed E-state index contributed by atoms with van der Waals surface area (Å²) in [6.07, 6.45) is 4.09. The maximum absolute atomic E-state index is 13.1. The van der Waals surface area contributed by atoms with E-state index in [2.05, 4.69) is 44.4 Å². The van der Waals surface area contributed by atoms with Gasteiger partial charge in [-0.2, -0.15) is 5.10 Å². The highest BCUT2D eigenvalue weighted by atomic mass is 35.5. The number of amides is 1. The maximum Gasteiger partial charge on any atom is 0.269 e. The van der Waals surface area contributed by atoms with Gasteiger partial charge in [-0.15, -0.1) is 0 Å². The number of hydrogen-bond donors (Lipinski definition) is 2. The third-order valence-corrected chi connectivity index (χ3v) is 6.36. The van der Waals surface area contributed by atoms with Crippen LogP contribution in [0.1, 0.15) is 37.2 Å². The topological polar surface area (TPSA) is 88.0 Å². The number of nitrogens with one attached hydrogen (secondary N) is 2. The minimum Gasteiger partial charge on any atom is -0.346 e. The normalized spacial score (nSPS) is 15.0. The molecule has 1 aliphatic rings. The van der Waals surface area contributed by atoms with Crippen molar-refractivity contribution in [2.75, 3.05) is 25.0 Å². The minimum absolute atomic E-state index is 0.0725. The lowest BCUT2D eigenvalue weighted by Gasteiger charge is -2.27. The number of likely N-dealkylation sites (tertiary alicyclic amines) is 1. The van der Waals surface area contributed by atoms with Crippen molar-refractivity contribution < 1.29 is 4.79 Å². The number of aryl methyl sites for hydroxylation is 1. The molecular weight excluding hydrogens is 473 g/mol. The van der Waals surface area contributed by atoms with Gasteiger partial charge in [0.15, 0.2) is 0 Å². The molecule has 10 heteroatoms. The van der Waals surface area contributed by atoms with Gasteiger partial charge in [-0.05, 0) is 62.2 Å². The second kappa shape index (κ2) is 10.7. The molecule has 4 rings (SSSR count). The zero-order chi connectivity index (χ0) is 24.2. The van der Waals surface area contributed by atoms with Crippen molar-refractivity contribution in [1.82, 2.24) is 30.0 Å². The molecule has 2 N–H and O–H groups in total. The lowest BCUT2D eigenvalue weighted by atomic mass is 10.0. The van der Waals surface area contributed by atoms with Crippen molar-refractivity contribution in [3.8, 4) is 11.4 Å². The summed E-state index contributed by atoms with van der Waals surface area (Å²) in [6.45, 7) is 7.33. The molecule has 1 atom stereocenters. The van der Waals surface area contributed by atoms with E-state index in [4.69, 9.17) is 23.2 Å². The molecule has 3 heterocycles. The van der Waals surface area contributed by atoms with Gasteiger partial charge in [0, 0.05) is 41.6 Å². The van der Waals surface area contributed by atoms with Crippen LogP contribution in [-0.4, -0.2) is 56.2 Å². The number of anilines is 2. The molecule has 1 aromatic carbocycles. The van der Waals surface area contributed by atoms with Crippen LogP contribution in [0, 0.1) is 5.92 Å². The molecule has 0 spiro atoms. The first-order valence-corrected chi connectivity index (χ1v) is 12.2. The van der Waals surface area contributed by atoms with Gasteiger partial charge in [-0.25, -0.2) is 9.97 Å². The number of rotatable bonds is 8. The molecule has 0 aliphatic carbocycles. The van der Waals surface area contributed by atoms with Crippen LogP contribution in [0.5, 0.6) is 0 Å². The highest BCUT2D eigenvalue weighted by molar-refractivity contribution is 6.35. The Kier molecular flexibility index (Phi) is 7.70. The molecule has 1 aliphatic heterocycles. The number of benzene rings is 1. The van der Waals surface area contributed by atoms with Gasteiger partial charge in [-0.3, -0.25) is 9.48 Å². The van der Waals surface area contributed by atoms with Gasteiger partial charge >= 0.3 is 0 Å². The zero-order valence-corrected chi connectivity index (χ0v) is 21.1. The summed E-state index contributed by atoms with van der Waals surface area (Å²) in [7, 11) is 1.76. The Morgan fingerprint density at radius 1 is 1.09 bits per heavy atom. The monoisotopic (exact) mass is 501 g/mol. The van der Waals surface area contributed by atoms with E-state index in [1.807, 2.05) is 0 Å². The Hall–Kier alpha value is -2.68. The number of halogens is 2. The zero-order valence-electron chi connectivity index (χ0n) is 19.6. The van der Waals surface area contributed by atoms with Crippen LogP contribution in [0.3, 0.4) is 0 Å². The SMILES string of the molecule is CC(C)C(CN1CCCC1)NC(=O)c1cc(-c2ccnc(Nc3cc(Cl)cc(Cl)c3)n2)nn1C. The van der Waals surface area contributed by atoms with E-state index in [9.17, 15) is 4.79 Å². The Morgan fingerprint density at radius 2 is 1.79 bits per heavy atom. The summed E-state index contributed by atoms with van der Waals surface area (Å²) in [4.78, 5) is 24.3. The van der Waals surface area contributed by atoms with E-state index in [0.29, 0.717) is 44.7 Å². The molecule has 1 unspecified atom stereocenters. The van der Waals surface area contributed by atoms with Gasteiger partial charge in [0.05, 0.1) is 5.69 Å². The number of hydrogen-bond acceptors (Lipinski definition) is 6. The lowest BCUT2D eigenvalue weighted by molar-refractivity contribution is 0.0903. The lowest BCUT2D eigenvalue weighted by Crippen LogP contribution is -2.46. The Balaban J connectivity index is 1.49. The van der Waals surface area contributed by atoms with Crippen LogP contribution >= 0.6 is 23.2 Å². The van der Waals surface area contributed by atoms with Crippen LogP contribution in [-0.2, 0) is 7.05 Å². The molecule has 8 nitrogen and oxygen atoms in total. The first-order valence-electron chi connectivity index (χ1n) is 11.4. The molecule has 2 aromatic heterocycles. The van der Waals surface area contributed by atoms with Crippen LogP contribution in [0.4, 0.5) is 11.6 Å². The minimum atomic E-state index is -0.139. The summed E-state index contributed by atoms with van der Waals surface area (Å²) >= 11 is 12.2. The quantitative estimate of drug-likeness (QED) is 0.461. The fraction of sp³-hybridized carbons (Fsp3) is 0.417. The van der Waals surface area contributed by atoms with E-state index < -0.39 is 0 Å². The van der Waals surface area contributed by atoms with Crippen molar-refractivity contribution in [3.63, 3.8) is 0 Å². The molecule has 0 radical (unpaired) electrons. The smallest absolute Gasteiger partial charge is 0.269 e. The van der Waals surface area contributed by atoms with E-state index >= 15 is 0 Å². The highest BCUT2D eigenvalue weighted by Crippen LogP contribution is 2.25. The van der Waals surface area contributed by atoms with Crippen molar-refractivity contribution >= 4 is 40.7 Å². The second-order valence-electron chi connectivity index (χ2n) is 8.92. The molecular formula is C24H29Cl2N7O. The fourth-order valence-electron chi connectivity index (χ4n) is 4.03. The standard InChI is InChI=1S/C24H29Cl2N7O/c1-15(2)21(14-33-8-4-5-9-33)29-23(34)22-13-20(31-32(22)3)19-6-7-27-24(30-19)28-18-11-16(25)10-17(26)12-18/h6-7,10-13,15,21H,4-5,8-9,14H2,1-3H3,(H,29,34)(H,27,28,30). The number of carbonyl (C=O) groups excluding carboxylic acids is 1. The highest BCUT2D eigenvalue weighted by Gasteiger charge is 2.24. The Labute approximate surface area is 209 Å². The Bertz CT molecular complexity index is 1140. The number of aromatic nitrogens is 4. The third kappa shape index (κ3) is 6.05. The molecule has 3 aromatic rings. The van der Waals surface area contributed by atoms with E-state index in [1.165, 1.54) is 12.8 Å². The van der Waals surface area contributed by atoms with Gasteiger partial charge in [0.2, 0.25) is 5.95 Å². The van der Waals surface area contributed by atoms with Crippen molar-refractivity contribution in [2.45, 2.75) is 32.7 Å². The predicted octanol–water partition coefficient (Wildman–Crippen LogP) is 4.78. The summed E-state index contributed by atoms with van der Waals surface area (Å²) in [5, 5.41) is 11.9. The molecule has 1 amide bonds. The van der Waals surface area contributed by atoms with Crippen molar-refractivity contribution in [2.24, 2.45) is 13.0 Å². The Morgan fingerprint density at radius 3 is 2.47 bits per heavy atom. The summed E-state index contributed by atoms with van der Waals surface area (Å²) in [6, 6.07) is 8.71. The second-order valence-corrected chi connectivity index (χ2v) is 9.79. The molecule has 1 fully saturated rings. The molecule has 1 saturated heterocycles. The van der Waals surface area contributed by atoms with Gasteiger partial charge in [0.1, 0.15) is 11.4 Å². The van der Waals surface area contributed by atoms with Crippen molar-refractivity contribution in [1.29, 1.82) is 0 Å². The van der Waals surface area contributed by atoms with Gasteiger partial charge < -0.3 is 15.5 Å². The van der Waals surface area contributed by atoms with Crippen LogP contribution in [0.15, 0.2) is 36.5 Å². The van der Waals surface area contributed by atoms with E-state index in [1.54, 1.807) is 48.3 Å². The summed E-state index contributed by atoms with van der Waals surface area (Å²) < 4.78 is 1.59. The number of nitrogens with zero attached hydrogens (tertiary/aromatic N) is 5. The van der Waals surface area contributed by atoms with Gasteiger partial charge in [-0.1, -0.05) is 37.0 Å². The summed E-state index contributed by atoms with van der Waals surface area (Å²) in [5.41, 5.74) is 2.34.